The maximum atomic E-state index is 9.72. The molecule has 1 aromatic carbocycles. The van der Waals surface area contributed by atoms with Crippen LogP contribution in [0.15, 0.2) is 30.6 Å². The molecule has 1 atom stereocenters. The number of nitrogens with two attached hydrogens (primary N) is 1. The van der Waals surface area contributed by atoms with E-state index in [-0.39, 0.29) is 11.8 Å². The molecule has 8 nitrogen and oxygen atoms in total. The molecule has 1 unspecified atom stereocenters. The van der Waals surface area contributed by atoms with Gasteiger partial charge in [0.05, 0.1) is 17.1 Å². The number of aromatic amines is 1. The summed E-state index contributed by atoms with van der Waals surface area (Å²) in [6.07, 6.45) is 3.64. The molecule has 5 N–H and O–H groups in total. The molecule has 1 fully saturated rings. The zero-order valence-corrected chi connectivity index (χ0v) is 14.1. The lowest BCUT2D eigenvalue weighted by atomic mass is 10.1. The fraction of sp³-hybridized carbons (Fsp3) is 0.278. The van der Waals surface area contributed by atoms with Crippen LogP contribution in [-0.4, -0.2) is 42.9 Å². The fourth-order valence-electron chi connectivity index (χ4n) is 3.73. The maximum Gasteiger partial charge on any atom is 0.164 e. The topological polar surface area (TPSA) is 118 Å². The van der Waals surface area contributed by atoms with E-state index in [1.807, 2.05) is 16.8 Å². The van der Waals surface area contributed by atoms with Gasteiger partial charge in [0.25, 0.3) is 0 Å². The summed E-state index contributed by atoms with van der Waals surface area (Å²) in [6, 6.07) is 7.43. The Labute approximate surface area is 149 Å². The molecular weight excluding hydrogens is 330 g/mol. The third kappa shape index (κ3) is 2.30. The first-order valence-electron chi connectivity index (χ1n) is 8.72. The van der Waals surface area contributed by atoms with Crippen LogP contribution in [0.1, 0.15) is 18.9 Å². The van der Waals surface area contributed by atoms with Crippen molar-refractivity contribution in [2.24, 2.45) is 0 Å². The number of nitrogens with zero attached hydrogens (tertiary/aromatic N) is 4. The first kappa shape index (κ1) is 15.2. The Balaban J connectivity index is 1.73. The molecule has 1 saturated heterocycles. The van der Waals surface area contributed by atoms with Crippen molar-refractivity contribution >= 4 is 27.8 Å². The third-order valence-corrected chi connectivity index (χ3v) is 4.99. The van der Waals surface area contributed by atoms with Crippen molar-refractivity contribution in [1.82, 2.24) is 30.0 Å². The zero-order chi connectivity index (χ0) is 17.7. The van der Waals surface area contributed by atoms with Crippen LogP contribution in [0.3, 0.4) is 0 Å². The summed E-state index contributed by atoms with van der Waals surface area (Å²) in [4.78, 5) is 12.0. The van der Waals surface area contributed by atoms with Gasteiger partial charge in [-0.15, -0.1) is 0 Å². The van der Waals surface area contributed by atoms with E-state index < -0.39 is 0 Å². The maximum absolute atomic E-state index is 9.72. The number of benzene rings is 1. The van der Waals surface area contributed by atoms with Crippen LogP contribution in [-0.2, 0) is 0 Å². The number of anilines is 1. The van der Waals surface area contributed by atoms with Gasteiger partial charge in [-0.05, 0) is 43.7 Å². The van der Waals surface area contributed by atoms with Crippen molar-refractivity contribution in [2.75, 3.05) is 18.8 Å². The molecule has 0 bridgehead atoms. The number of hydrogen-bond acceptors (Lipinski definition) is 6. The molecule has 0 amide bonds. The number of phenolic OH excluding ortho intramolecular Hbond substituents is 1. The summed E-state index contributed by atoms with van der Waals surface area (Å²) in [5.74, 6) is 0.649. The summed E-state index contributed by atoms with van der Waals surface area (Å²) in [5.41, 5.74) is 9.43. The van der Waals surface area contributed by atoms with Gasteiger partial charge in [0.15, 0.2) is 5.65 Å². The summed E-state index contributed by atoms with van der Waals surface area (Å²) in [6.45, 7) is 1.89. The van der Waals surface area contributed by atoms with Gasteiger partial charge in [-0.25, -0.2) is 14.6 Å². The monoisotopic (exact) mass is 349 g/mol. The van der Waals surface area contributed by atoms with Crippen molar-refractivity contribution in [3.63, 3.8) is 0 Å². The van der Waals surface area contributed by atoms with Crippen LogP contribution < -0.4 is 11.1 Å². The van der Waals surface area contributed by atoms with Crippen molar-refractivity contribution in [1.29, 1.82) is 0 Å². The molecule has 4 aromatic rings. The Hall–Kier alpha value is -3.13. The highest BCUT2D eigenvalue weighted by Crippen LogP contribution is 2.34. The van der Waals surface area contributed by atoms with Crippen molar-refractivity contribution < 1.29 is 5.11 Å². The van der Waals surface area contributed by atoms with Gasteiger partial charge in [0, 0.05) is 17.4 Å². The van der Waals surface area contributed by atoms with E-state index in [9.17, 15) is 5.11 Å². The third-order valence-electron chi connectivity index (χ3n) is 4.99. The molecule has 0 aliphatic carbocycles. The van der Waals surface area contributed by atoms with Crippen molar-refractivity contribution in [2.45, 2.75) is 18.9 Å². The van der Waals surface area contributed by atoms with Gasteiger partial charge in [-0.2, -0.15) is 5.10 Å². The Morgan fingerprint density at radius 1 is 1.23 bits per heavy atom. The number of fused-ring (bicyclic) bond motifs is 2. The lowest BCUT2D eigenvalue weighted by Crippen LogP contribution is -2.32. The standard InChI is InChI=1S/C18H19N7O/c19-17-15-16(14-7-10-6-12(26)3-4-13(10)23-14)24-25(18(15)22-9-21-17)11-2-1-5-20-8-11/h3-4,6-7,9,11,20,23,26H,1-2,5,8H2,(H2,19,21,22). The average molecular weight is 349 g/mol. The zero-order valence-electron chi connectivity index (χ0n) is 14.1. The average Bonchev–Trinajstić information content (AvgIpc) is 3.24. The van der Waals surface area contributed by atoms with Gasteiger partial charge in [-0.3, -0.25) is 0 Å². The van der Waals surface area contributed by atoms with E-state index in [1.165, 1.54) is 6.33 Å². The highest BCUT2D eigenvalue weighted by atomic mass is 16.3. The number of hydrogen-bond donors (Lipinski definition) is 4. The molecule has 3 aromatic heterocycles. The largest absolute Gasteiger partial charge is 0.508 e. The van der Waals surface area contributed by atoms with E-state index in [4.69, 9.17) is 10.8 Å². The van der Waals surface area contributed by atoms with Crippen LogP contribution >= 0.6 is 0 Å². The molecule has 0 radical (unpaired) electrons. The van der Waals surface area contributed by atoms with Crippen LogP contribution in [0.25, 0.3) is 33.3 Å². The van der Waals surface area contributed by atoms with Crippen LogP contribution in [0.2, 0.25) is 0 Å². The molecule has 0 spiro atoms. The van der Waals surface area contributed by atoms with E-state index in [0.29, 0.717) is 5.82 Å². The van der Waals surface area contributed by atoms with Gasteiger partial charge in [0.2, 0.25) is 0 Å². The van der Waals surface area contributed by atoms with Gasteiger partial charge < -0.3 is 21.1 Å². The fourth-order valence-corrected chi connectivity index (χ4v) is 3.73. The normalized spacial score (nSPS) is 17.9. The van der Waals surface area contributed by atoms with E-state index >= 15 is 0 Å². The first-order chi connectivity index (χ1) is 12.7. The number of rotatable bonds is 2. The van der Waals surface area contributed by atoms with Crippen LogP contribution in [0, 0.1) is 0 Å². The van der Waals surface area contributed by atoms with Crippen molar-refractivity contribution in [3.05, 3.63) is 30.6 Å². The van der Waals surface area contributed by atoms with Crippen molar-refractivity contribution in [3.8, 4) is 17.1 Å². The Morgan fingerprint density at radius 3 is 3.00 bits per heavy atom. The summed E-state index contributed by atoms with van der Waals surface area (Å²) < 4.78 is 1.97. The minimum atomic E-state index is 0.231. The van der Waals surface area contributed by atoms with E-state index in [0.717, 1.165) is 59.3 Å². The number of piperidine rings is 1. The molecule has 4 heterocycles. The van der Waals surface area contributed by atoms with Gasteiger partial charge in [-0.1, -0.05) is 0 Å². The number of aromatic nitrogens is 5. The molecule has 1 aliphatic rings. The second-order valence-corrected chi connectivity index (χ2v) is 6.71. The molecule has 1 aliphatic heterocycles. The number of nitrogens with one attached hydrogen (secondary N) is 2. The molecule has 26 heavy (non-hydrogen) atoms. The Bertz CT molecular complexity index is 1110. The number of phenols is 1. The lowest BCUT2D eigenvalue weighted by Gasteiger charge is -2.23. The lowest BCUT2D eigenvalue weighted by molar-refractivity contribution is 0.354. The Morgan fingerprint density at radius 2 is 2.15 bits per heavy atom. The number of nitrogen functional groups attached to an aromatic ring is 1. The predicted octanol–water partition coefficient (Wildman–Crippen LogP) is 2.19. The second-order valence-electron chi connectivity index (χ2n) is 6.71. The molecular formula is C18H19N7O. The minimum absolute atomic E-state index is 0.231. The summed E-state index contributed by atoms with van der Waals surface area (Å²) in [5, 5.41) is 19.7. The highest BCUT2D eigenvalue weighted by molar-refractivity contribution is 6.00. The first-order valence-corrected chi connectivity index (χ1v) is 8.72. The smallest absolute Gasteiger partial charge is 0.164 e. The highest BCUT2D eigenvalue weighted by Gasteiger charge is 2.24. The minimum Gasteiger partial charge on any atom is -0.508 e. The Kier molecular flexibility index (Phi) is 3.32. The quantitative estimate of drug-likeness (QED) is 0.441. The van der Waals surface area contributed by atoms with Crippen LogP contribution in [0.5, 0.6) is 5.75 Å². The SMILES string of the molecule is Nc1ncnc2c1c(-c1cc3cc(O)ccc3[nH]1)nn2C1CCCNC1. The number of H-pyrrole nitrogens is 1. The van der Waals surface area contributed by atoms with E-state index in [1.54, 1.807) is 12.1 Å². The molecule has 0 saturated carbocycles. The van der Waals surface area contributed by atoms with Crippen LogP contribution in [0.4, 0.5) is 5.82 Å². The summed E-state index contributed by atoms with van der Waals surface area (Å²) in [7, 11) is 0. The second kappa shape index (κ2) is 5.70. The van der Waals surface area contributed by atoms with Gasteiger partial charge in [0.1, 0.15) is 23.6 Å². The predicted molar refractivity (Wildman–Crippen MR) is 99.8 cm³/mol. The molecule has 8 heteroatoms. The number of aromatic hydroxyl groups is 1. The van der Waals surface area contributed by atoms with Gasteiger partial charge >= 0.3 is 0 Å². The van der Waals surface area contributed by atoms with E-state index in [2.05, 4.69) is 20.3 Å². The molecule has 132 valence electrons. The molecule has 5 rings (SSSR count). The summed E-state index contributed by atoms with van der Waals surface area (Å²) >= 11 is 0.